The summed E-state index contributed by atoms with van der Waals surface area (Å²) in [5.74, 6) is -1.54. The zero-order chi connectivity index (χ0) is 13.8. The van der Waals surface area contributed by atoms with Crippen LogP contribution in [0.5, 0.6) is 0 Å². The summed E-state index contributed by atoms with van der Waals surface area (Å²) in [6, 6.07) is 0. The molecule has 2 unspecified atom stereocenters. The van der Waals surface area contributed by atoms with Crippen molar-refractivity contribution in [3.05, 3.63) is 0 Å². The molecule has 0 heterocycles. The fourth-order valence-corrected chi connectivity index (χ4v) is 2.33. The summed E-state index contributed by atoms with van der Waals surface area (Å²) >= 11 is 5.18. The minimum Gasteiger partial charge on any atom is -0.480 e. The predicted molar refractivity (Wildman–Crippen MR) is 63.3 cm³/mol. The molecule has 1 saturated carbocycles. The van der Waals surface area contributed by atoms with Gasteiger partial charge in [-0.05, 0) is 26.2 Å². The van der Waals surface area contributed by atoms with Crippen molar-refractivity contribution in [2.24, 2.45) is 5.41 Å². The Labute approximate surface area is 110 Å². The molecule has 0 saturated heterocycles. The normalized spacial score (nSPS) is 27.3. The van der Waals surface area contributed by atoms with Crippen LogP contribution >= 0.6 is 11.6 Å². The zero-order valence-corrected chi connectivity index (χ0v) is 10.8. The predicted octanol–water partition coefficient (Wildman–Crippen LogP) is 1.51. The van der Waals surface area contributed by atoms with Gasteiger partial charge >= 0.3 is 11.4 Å². The van der Waals surface area contributed by atoms with Gasteiger partial charge in [0.2, 0.25) is 5.91 Å². The Morgan fingerprint density at radius 3 is 2.67 bits per heavy atom. The summed E-state index contributed by atoms with van der Waals surface area (Å²) in [6.45, 7) is 1.21. The number of hydrogen-bond donors (Lipinski definition) is 2. The molecule has 0 aromatic heterocycles. The number of amides is 1. The standard InChI is InChI=1S/C11H16ClNO5/c1-11(9(16)13-6-8(14)15)5-3-2-4-7(11)18-10(12)17/h7H,2-6H2,1H3,(H,13,16)(H,14,15). The summed E-state index contributed by atoms with van der Waals surface area (Å²) in [4.78, 5) is 33.2. The van der Waals surface area contributed by atoms with Crippen molar-refractivity contribution in [2.75, 3.05) is 6.54 Å². The molecule has 0 aromatic carbocycles. The molecule has 1 aliphatic carbocycles. The Morgan fingerprint density at radius 1 is 1.44 bits per heavy atom. The lowest BCUT2D eigenvalue weighted by atomic mass is 9.72. The fraction of sp³-hybridized carbons (Fsp3) is 0.727. The van der Waals surface area contributed by atoms with Crippen LogP contribution in [0.3, 0.4) is 0 Å². The second-order valence-electron chi connectivity index (χ2n) is 4.58. The third-order valence-electron chi connectivity index (χ3n) is 3.28. The van der Waals surface area contributed by atoms with E-state index in [0.29, 0.717) is 12.8 Å². The highest BCUT2D eigenvalue weighted by molar-refractivity contribution is 6.61. The molecule has 7 heteroatoms. The first kappa shape index (κ1) is 14.8. The number of rotatable bonds is 4. The number of ether oxygens (including phenoxy) is 1. The van der Waals surface area contributed by atoms with E-state index < -0.39 is 35.4 Å². The zero-order valence-electron chi connectivity index (χ0n) is 10.1. The Morgan fingerprint density at radius 2 is 2.11 bits per heavy atom. The second-order valence-corrected chi connectivity index (χ2v) is 4.89. The van der Waals surface area contributed by atoms with Gasteiger partial charge < -0.3 is 15.2 Å². The lowest BCUT2D eigenvalue weighted by molar-refractivity contribution is -0.144. The van der Waals surface area contributed by atoms with Crippen LogP contribution in [-0.4, -0.2) is 35.1 Å². The van der Waals surface area contributed by atoms with Crippen molar-refractivity contribution < 1.29 is 24.2 Å². The molecule has 0 radical (unpaired) electrons. The van der Waals surface area contributed by atoms with E-state index in [2.05, 4.69) is 5.32 Å². The largest absolute Gasteiger partial charge is 0.480 e. The number of hydrogen-bond acceptors (Lipinski definition) is 4. The first-order chi connectivity index (χ1) is 8.36. The molecular formula is C11H16ClNO5. The first-order valence-corrected chi connectivity index (χ1v) is 6.10. The number of halogens is 1. The van der Waals surface area contributed by atoms with Gasteiger partial charge in [-0.25, -0.2) is 4.79 Å². The lowest BCUT2D eigenvalue weighted by Gasteiger charge is -2.38. The van der Waals surface area contributed by atoms with E-state index in [1.165, 1.54) is 0 Å². The highest BCUT2D eigenvalue weighted by atomic mass is 35.5. The molecule has 1 fully saturated rings. The number of carbonyl (C=O) groups excluding carboxylic acids is 2. The Balaban J connectivity index is 2.74. The van der Waals surface area contributed by atoms with E-state index in [0.717, 1.165) is 12.8 Å². The van der Waals surface area contributed by atoms with Crippen LogP contribution in [0, 0.1) is 5.41 Å². The number of carbonyl (C=O) groups is 3. The van der Waals surface area contributed by atoms with E-state index in [9.17, 15) is 14.4 Å². The van der Waals surface area contributed by atoms with Gasteiger partial charge in [0.15, 0.2) is 0 Å². The van der Waals surface area contributed by atoms with Crippen LogP contribution in [0.1, 0.15) is 32.6 Å². The molecular weight excluding hydrogens is 262 g/mol. The molecule has 2 N–H and O–H groups in total. The van der Waals surface area contributed by atoms with E-state index >= 15 is 0 Å². The van der Waals surface area contributed by atoms with Crippen molar-refractivity contribution in [1.82, 2.24) is 5.32 Å². The van der Waals surface area contributed by atoms with Crippen molar-refractivity contribution >= 4 is 28.9 Å². The Bertz CT molecular complexity index is 359. The summed E-state index contributed by atoms with van der Waals surface area (Å²) in [5.41, 5.74) is -1.86. The van der Waals surface area contributed by atoms with E-state index in [-0.39, 0.29) is 0 Å². The molecule has 0 bridgehead atoms. The van der Waals surface area contributed by atoms with Crippen LogP contribution in [-0.2, 0) is 14.3 Å². The van der Waals surface area contributed by atoms with Gasteiger partial charge in [-0.3, -0.25) is 9.59 Å². The van der Waals surface area contributed by atoms with Crippen molar-refractivity contribution in [2.45, 2.75) is 38.7 Å². The summed E-state index contributed by atoms with van der Waals surface area (Å²) in [7, 11) is 0. The summed E-state index contributed by atoms with van der Waals surface area (Å²) in [5, 5.41) is 10.9. The first-order valence-electron chi connectivity index (χ1n) is 5.72. The van der Waals surface area contributed by atoms with Gasteiger partial charge in [0.05, 0.1) is 5.41 Å². The third kappa shape index (κ3) is 3.60. The van der Waals surface area contributed by atoms with Crippen molar-refractivity contribution in [1.29, 1.82) is 0 Å². The average Bonchev–Trinajstić information content (AvgIpc) is 2.28. The summed E-state index contributed by atoms with van der Waals surface area (Å²) in [6.07, 6.45) is 2.15. The maximum Gasteiger partial charge on any atom is 0.404 e. The summed E-state index contributed by atoms with van der Waals surface area (Å²) < 4.78 is 4.95. The van der Waals surface area contributed by atoms with E-state index in [4.69, 9.17) is 21.4 Å². The van der Waals surface area contributed by atoms with Gasteiger partial charge in [0.1, 0.15) is 12.6 Å². The van der Waals surface area contributed by atoms with Gasteiger partial charge in [-0.15, -0.1) is 0 Å². The number of aliphatic carboxylic acids is 1. The molecule has 1 amide bonds. The monoisotopic (exact) mass is 277 g/mol. The van der Waals surface area contributed by atoms with Crippen LogP contribution in [0.2, 0.25) is 0 Å². The molecule has 102 valence electrons. The molecule has 6 nitrogen and oxygen atoms in total. The molecule has 0 aliphatic heterocycles. The molecule has 2 atom stereocenters. The van der Waals surface area contributed by atoms with Gasteiger partial charge in [0, 0.05) is 11.6 Å². The van der Waals surface area contributed by atoms with Gasteiger partial charge in [0.25, 0.3) is 0 Å². The topological polar surface area (TPSA) is 92.7 Å². The smallest absolute Gasteiger partial charge is 0.404 e. The molecule has 0 spiro atoms. The highest BCUT2D eigenvalue weighted by Gasteiger charge is 2.45. The third-order valence-corrected chi connectivity index (χ3v) is 3.37. The minimum atomic E-state index is -1.12. The molecule has 0 aromatic rings. The molecule has 18 heavy (non-hydrogen) atoms. The molecule has 1 aliphatic rings. The van der Waals surface area contributed by atoms with Gasteiger partial charge in [-0.1, -0.05) is 6.42 Å². The van der Waals surface area contributed by atoms with Gasteiger partial charge in [-0.2, -0.15) is 0 Å². The SMILES string of the molecule is CC1(C(=O)NCC(=O)O)CCCCC1OC(=O)Cl. The lowest BCUT2D eigenvalue weighted by Crippen LogP contribution is -2.50. The number of carboxylic acid groups (broad SMARTS) is 1. The van der Waals surface area contributed by atoms with Crippen LogP contribution < -0.4 is 5.32 Å². The number of nitrogens with one attached hydrogen (secondary N) is 1. The highest BCUT2D eigenvalue weighted by Crippen LogP contribution is 2.38. The van der Waals surface area contributed by atoms with Crippen LogP contribution in [0.15, 0.2) is 0 Å². The minimum absolute atomic E-state index is 0.424. The van der Waals surface area contributed by atoms with E-state index in [1.54, 1.807) is 6.92 Å². The van der Waals surface area contributed by atoms with Crippen molar-refractivity contribution in [3.63, 3.8) is 0 Å². The second kappa shape index (κ2) is 6.04. The van der Waals surface area contributed by atoms with Crippen LogP contribution in [0.4, 0.5) is 4.79 Å². The maximum absolute atomic E-state index is 12.0. The molecule has 1 rings (SSSR count). The van der Waals surface area contributed by atoms with Crippen molar-refractivity contribution in [3.8, 4) is 0 Å². The van der Waals surface area contributed by atoms with Crippen LogP contribution in [0.25, 0.3) is 0 Å². The number of carboxylic acids is 1. The Kier molecular flexibility index (Phi) is 4.95. The maximum atomic E-state index is 12.0. The quantitative estimate of drug-likeness (QED) is 0.760. The fourth-order valence-electron chi connectivity index (χ4n) is 2.22. The van der Waals surface area contributed by atoms with E-state index in [1.807, 2.05) is 0 Å². The Hall–Kier alpha value is -1.30. The average molecular weight is 278 g/mol.